The molecule has 3 aromatic rings. The van der Waals surface area contributed by atoms with Crippen LogP contribution in [0.5, 0.6) is 0 Å². The normalized spacial score (nSPS) is 10.8. The predicted octanol–water partition coefficient (Wildman–Crippen LogP) is 4.41. The molecule has 6 nitrogen and oxygen atoms in total. The fourth-order valence-electron chi connectivity index (χ4n) is 2.22. The van der Waals surface area contributed by atoms with Crippen LogP contribution in [-0.4, -0.2) is 26.8 Å². The molecule has 0 aliphatic carbocycles. The van der Waals surface area contributed by atoms with Crippen LogP contribution in [0.1, 0.15) is 30.5 Å². The number of rotatable bonds is 9. The van der Waals surface area contributed by atoms with E-state index in [0.717, 1.165) is 35.5 Å². The highest BCUT2D eigenvalue weighted by atomic mass is 32.2. The first-order valence-electron chi connectivity index (χ1n) is 8.44. The van der Waals surface area contributed by atoms with Crippen LogP contribution in [0, 0.1) is 0 Å². The van der Waals surface area contributed by atoms with Gasteiger partial charge in [0, 0.05) is 17.7 Å². The maximum atomic E-state index is 12.0. The number of unbranched alkanes of at least 4 members (excludes halogenated alkanes) is 1. The molecule has 2 aromatic heterocycles. The minimum absolute atomic E-state index is 0.0834. The molecule has 0 aliphatic rings. The van der Waals surface area contributed by atoms with Crippen molar-refractivity contribution in [3.8, 4) is 11.5 Å². The van der Waals surface area contributed by atoms with E-state index in [9.17, 15) is 4.79 Å². The lowest BCUT2D eigenvalue weighted by molar-refractivity contribution is -0.113. The zero-order chi connectivity index (χ0) is 18.2. The first-order valence-corrected chi connectivity index (χ1v) is 10.4. The molecule has 3 rings (SSSR count). The molecule has 0 saturated heterocycles. The number of carbonyl (C=O) groups excluding carboxylic acids is 1. The number of anilines is 1. The lowest BCUT2D eigenvalue weighted by Crippen LogP contribution is -2.14. The Morgan fingerprint density at radius 3 is 2.92 bits per heavy atom. The molecule has 1 amide bonds. The van der Waals surface area contributed by atoms with Gasteiger partial charge in [-0.2, -0.15) is 0 Å². The Balaban J connectivity index is 1.42. The SMILES string of the molecule is CCCCc1nnc(NC(=O)CSCc2coc(-c3ccccc3)n2)s1. The van der Waals surface area contributed by atoms with Crippen LogP contribution in [-0.2, 0) is 17.0 Å². The number of benzene rings is 1. The third-order valence-corrected chi connectivity index (χ3v) is 5.38. The van der Waals surface area contributed by atoms with E-state index in [1.54, 1.807) is 6.26 Å². The van der Waals surface area contributed by atoms with Crippen molar-refractivity contribution in [1.82, 2.24) is 15.2 Å². The van der Waals surface area contributed by atoms with Crippen molar-refractivity contribution < 1.29 is 9.21 Å². The average molecular weight is 389 g/mol. The number of aromatic nitrogens is 3. The van der Waals surface area contributed by atoms with Crippen molar-refractivity contribution in [3.63, 3.8) is 0 Å². The molecule has 136 valence electrons. The second-order valence-corrected chi connectivity index (χ2v) is 7.70. The summed E-state index contributed by atoms with van der Waals surface area (Å²) < 4.78 is 5.50. The Morgan fingerprint density at radius 1 is 1.27 bits per heavy atom. The molecule has 0 aliphatic heterocycles. The zero-order valence-electron chi connectivity index (χ0n) is 14.5. The number of thioether (sulfide) groups is 1. The summed E-state index contributed by atoms with van der Waals surface area (Å²) in [5, 5.41) is 12.4. The minimum Gasteiger partial charge on any atom is -0.444 e. The quantitative estimate of drug-likeness (QED) is 0.585. The summed E-state index contributed by atoms with van der Waals surface area (Å²) in [4.78, 5) is 16.5. The van der Waals surface area contributed by atoms with Gasteiger partial charge in [0.05, 0.1) is 11.4 Å². The fraction of sp³-hybridized carbons (Fsp3) is 0.333. The van der Waals surface area contributed by atoms with Gasteiger partial charge in [-0.15, -0.1) is 22.0 Å². The van der Waals surface area contributed by atoms with Gasteiger partial charge >= 0.3 is 0 Å². The van der Waals surface area contributed by atoms with E-state index in [1.807, 2.05) is 30.3 Å². The Labute approximate surface area is 160 Å². The highest BCUT2D eigenvalue weighted by Crippen LogP contribution is 2.21. The Bertz CT molecular complexity index is 833. The summed E-state index contributed by atoms with van der Waals surface area (Å²) in [6, 6.07) is 9.74. The first kappa shape index (κ1) is 18.6. The van der Waals surface area contributed by atoms with E-state index in [4.69, 9.17) is 4.42 Å². The van der Waals surface area contributed by atoms with Crippen LogP contribution < -0.4 is 5.32 Å². The van der Waals surface area contributed by atoms with E-state index in [1.165, 1.54) is 23.1 Å². The van der Waals surface area contributed by atoms with Crippen molar-refractivity contribution in [2.75, 3.05) is 11.1 Å². The van der Waals surface area contributed by atoms with E-state index in [-0.39, 0.29) is 5.91 Å². The average Bonchev–Trinajstić information content (AvgIpc) is 3.30. The number of aryl methyl sites for hydroxylation is 1. The molecule has 0 bridgehead atoms. The summed E-state index contributed by atoms with van der Waals surface area (Å²) >= 11 is 2.93. The van der Waals surface area contributed by atoms with Gasteiger partial charge in [0.1, 0.15) is 11.3 Å². The second-order valence-electron chi connectivity index (χ2n) is 5.66. The molecule has 0 radical (unpaired) electrons. The van der Waals surface area contributed by atoms with Crippen LogP contribution in [0.3, 0.4) is 0 Å². The van der Waals surface area contributed by atoms with Crippen molar-refractivity contribution in [2.45, 2.75) is 31.9 Å². The molecule has 0 fully saturated rings. The molecule has 0 atom stereocenters. The van der Waals surface area contributed by atoms with Crippen LogP contribution in [0.4, 0.5) is 5.13 Å². The lowest BCUT2D eigenvalue weighted by atomic mass is 10.2. The van der Waals surface area contributed by atoms with Crippen LogP contribution in [0.15, 0.2) is 41.0 Å². The van der Waals surface area contributed by atoms with Gasteiger partial charge in [-0.05, 0) is 18.6 Å². The predicted molar refractivity (Wildman–Crippen MR) is 105 cm³/mol. The highest BCUT2D eigenvalue weighted by molar-refractivity contribution is 7.99. The standard InChI is InChI=1S/C18H20N4O2S2/c1-2-3-9-16-21-22-18(26-16)20-15(23)12-25-11-14-10-24-17(19-14)13-7-5-4-6-8-13/h4-8,10H,2-3,9,11-12H2,1H3,(H,20,22,23). The number of carbonyl (C=O) groups is 1. The number of nitrogens with zero attached hydrogens (tertiary/aromatic N) is 3. The second kappa shape index (κ2) is 9.49. The third-order valence-electron chi connectivity index (χ3n) is 3.51. The topological polar surface area (TPSA) is 80.9 Å². The fourth-order valence-corrected chi connectivity index (χ4v) is 3.72. The highest BCUT2D eigenvalue weighted by Gasteiger charge is 2.10. The van der Waals surface area contributed by atoms with Crippen molar-refractivity contribution >= 4 is 34.1 Å². The van der Waals surface area contributed by atoms with Gasteiger partial charge in [0.2, 0.25) is 16.9 Å². The molecule has 2 heterocycles. The Hall–Kier alpha value is -2.19. The molecule has 8 heteroatoms. The van der Waals surface area contributed by atoms with Gasteiger partial charge in [-0.25, -0.2) is 4.98 Å². The summed E-state index contributed by atoms with van der Waals surface area (Å²) in [6.07, 6.45) is 4.75. The maximum absolute atomic E-state index is 12.0. The van der Waals surface area contributed by atoms with Gasteiger partial charge in [0.15, 0.2) is 0 Å². The Kier molecular flexibility index (Phi) is 6.79. The van der Waals surface area contributed by atoms with Crippen LogP contribution in [0.25, 0.3) is 11.5 Å². The lowest BCUT2D eigenvalue weighted by Gasteiger charge is -1.99. The van der Waals surface area contributed by atoms with E-state index in [2.05, 4.69) is 27.4 Å². The van der Waals surface area contributed by atoms with E-state index >= 15 is 0 Å². The first-order chi connectivity index (χ1) is 12.7. The molecular formula is C18H20N4O2S2. The smallest absolute Gasteiger partial charge is 0.236 e. The summed E-state index contributed by atoms with van der Waals surface area (Å²) in [5.41, 5.74) is 1.76. The molecule has 1 N–H and O–H groups in total. The van der Waals surface area contributed by atoms with E-state index < -0.39 is 0 Å². The minimum atomic E-state index is -0.0834. The van der Waals surface area contributed by atoms with Gasteiger partial charge in [-0.1, -0.05) is 42.9 Å². The van der Waals surface area contributed by atoms with Crippen molar-refractivity contribution in [3.05, 3.63) is 47.3 Å². The largest absolute Gasteiger partial charge is 0.444 e. The number of nitrogens with one attached hydrogen (secondary N) is 1. The summed E-state index contributed by atoms with van der Waals surface area (Å²) in [7, 11) is 0. The van der Waals surface area contributed by atoms with Crippen molar-refractivity contribution in [2.24, 2.45) is 0 Å². The number of hydrogen-bond acceptors (Lipinski definition) is 7. The van der Waals surface area contributed by atoms with Crippen LogP contribution >= 0.6 is 23.1 Å². The molecule has 26 heavy (non-hydrogen) atoms. The molecule has 0 spiro atoms. The molecule has 1 aromatic carbocycles. The third kappa shape index (κ3) is 5.40. The number of oxazole rings is 1. The van der Waals surface area contributed by atoms with E-state index in [0.29, 0.717) is 22.5 Å². The summed E-state index contributed by atoms with van der Waals surface area (Å²) in [5.74, 6) is 1.46. The summed E-state index contributed by atoms with van der Waals surface area (Å²) in [6.45, 7) is 2.14. The van der Waals surface area contributed by atoms with Gasteiger partial charge in [-0.3, -0.25) is 10.1 Å². The Morgan fingerprint density at radius 2 is 2.12 bits per heavy atom. The maximum Gasteiger partial charge on any atom is 0.236 e. The van der Waals surface area contributed by atoms with Crippen molar-refractivity contribution in [1.29, 1.82) is 0 Å². The van der Waals surface area contributed by atoms with Crippen LogP contribution in [0.2, 0.25) is 0 Å². The number of amides is 1. The van der Waals surface area contributed by atoms with Gasteiger partial charge in [0.25, 0.3) is 0 Å². The monoisotopic (exact) mass is 388 g/mol. The molecule has 0 saturated carbocycles. The molecule has 0 unspecified atom stereocenters. The zero-order valence-corrected chi connectivity index (χ0v) is 16.1. The van der Waals surface area contributed by atoms with Gasteiger partial charge < -0.3 is 4.42 Å². The number of hydrogen-bond donors (Lipinski definition) is 1. The molecular weight excluding hydrogens is 368 g/mol.